The quantitative estimate of drug-likeness (QED) is 0.364. The summed E-state index contributed by atoms with van der Waals surface area (Å²) in [5.74, 6) is -0.0851. The summed E-state index contributed by atoms with van der Waals surface area (Å²) in [6, 6.07) is 25.3. The van der Waals surface area contributed by atoms with E-state index in [0.717, 1.165) is 42.0 Å². The zero-order valence-electron chi connectivity index (χ0n) is 19.4. The third-order valence-electron chi connectivity index (χ3n) is 6.59. The molecule has 1 aromatic heterocycles. The molecule has 6 heteroatoms. The van der Waals surface area contributed by atoms with Crippen molar-refractivity contribution in [1.29, 1.82) is 0 Å². The fourth-order valence-corrected chi connectivity index (χ4v) is 4.71. The van der Waals surface area contributed by atoms with Gasteiger partial charge in [0.2, 0.25) is 5.91 Å². The number of rotatable bonds is 7. The molecule has 2 N–H and O–H groups in total. The molecule has 1 atom stereocenters. The van der Waals surface area contributed by atoms with E-state index >= 15 is 0 Å². The smallest absolute Gasteiger partial charge is 0.335 e. The van der Waals surface area contributed by atoms with Crippen molar-refractivity contribution in [2.24, 2.45) is 0 Å². The number of imidazole rings is 1. The number of carboxylic acids is 1. The number of amides is 1. The van der Waals surface area contributed by atoms with Gasteiger partial charge >= 0.3 is 5.97 Å². The Bertz CT molecular complexity index is 1330. The largest absolute Gasteiger partial charge is 0.478 e. The molecule has 4 aromatic rings. The first-order valence-electron chi connectivity index (χ1n) is 11.9. The molecule has 1 saturated heterocycles. The van der Waals surface area contributed by atoms with Gasteiger partial charge in [0.1, 0.15) is 5.82 Å². The number of benzene rings is 3. The maximum absolute atomic E-state index is 13.1. The first kappa shape index (κ1) is 22.6. The minimum atomic E-state index is -0.964. The lowest BCUT2D eigenvalue weighted by Gasteiger charge is -2.23. The number of H-pyrrole nitrogens is 1. The maximum Gasteiger partial charge on any atom is 0.335 e. The van der Waals surface area contributed by atoms with Crippen molar-refractivity contribution in [2.75, 3.05) is 6.54 Å². The lowest BCUT2D eigenvalue weighted by molar-refractivity contribution is -0.132. The van der Waals surface area contributed by atoms with Gasteiger partial charge in [0, 0.05) is 18.5 Å². The molecule has 1 fully saturated rings. The van der Waals surface area contributed by atoms with Crippen LogP contribution in [0.2, 0.25) is 0 Å². The number of hydrogen-bond donors (Lipinski definition) is 2. The van der Waals surface area contributed by atoms with E-state index in [-0.39, 0.29) is 17.5 Å². The van der Waals surface area contributed by atoms with Gasteiger partial charge in [0.25, 0.3) is 0 Å². The number of aryl methyl sites for hydroxylation is 1. The number of hydrogen-bond acceptors (Lipinski definition) is 3. The molecule has 0 spiro atoms. The Morgan fingerprint density at radius 3 is 2.46 bits per heavy atom. The molecule has 0 unspecified atom stereocenters. The average molecular weight is 466 g/mol. The molecule has 1 aliphatic heterocycles. The second-order valence-corrected chi connectivity index (χ2v) is 8.88. The van der Waals surface area contributed by atoms with Gasteiger partial charge in [-0.1, -0.05) is 66.7 Å². The molecule has 0 radical (unpaired) electrons. The van der Waals surface area contributed by atoms with Crippen LogP contribution in [-0.2, 0) is 11.2 Å². The third kappa shape index (κ3) is 5.01. The second-order valence-electron chi connectivity index (χ2n) is 8.88. The molecule has 1 amide bonds. The van der Waals surface area contributed by atoms with E-state index in [1.807, 2.05) is 29.2 Å². The van der Waals surface area contributed by atoms with Crippen molar-refractivity contribution >= 4 is 11.9 Å². The second kappa shape index (κ2) is 9.97. The SMILES string of the molecule is O=C(O)c1cccc(-c2cnc([C@@H]3CCCN3C(=O)CCc3ccc(-c4ccccc4)cc3)[nH]2)c1. The van der Waals surface area contributed by atoms with Crippen LogP contribution in [0.15, 0.2) is 85.1 Å². The van der Waals surface area contributed by atoms with Crippen molar-refractivity contribution in [1.82, 2.24) is 14.9 Å². The lowest BCUT2D eigenvalue weighted by atomic mass is 10.0. The number of carbonyl (C=O) groups excluding carboxylic acids is 1. The van der Waals surface area contributed by atoms with E-state index in [2.05, 4.69) is 46.4 Å². The molecule has 0 saturated carbocycles. The number of aromatic carboxylic acids is 1. The standard InChI is InChI=1S/C29H27N3O3/c33-27(16-13-20-11-14-22(15-12-20)21-6-2-1-3-7-21)32-17-5-10-26(32)28-30-19-25(31-28)23-8-4-9-24(18-23)29(34)35/h1-4,6-9,11-12,14-15,18-19,26H,5,10,13,16-17H2,(H,30,31)(H,34,35)/t26-/m0/s1. The number of likely N-dealkylation sites (tertiary alicyclic amines) is 1. The van der Waals surface area contributed by atoms with Crippen LogP contribution < -0.4 is 0 Å². The van der Waals surface area contributed by atoms with Gasteiger partial charge in [-0.05, 0) is 48.1 Å². The van der Waals surface area contributed by atoms with Gasteiger partial charge in [0.15, 0.2) is 0 Å². The van der Waals surface area contributed by atoms with Crippen LogP contribution in [0.4, 0.5) is 0 Å². The molecular formula is C29H27N3O3. The van der Waals surface area contributed by atoms with E-state index in [4.69, 9.17) is 0 Å². The molecule has 176 valence electrons. The highest BCUT2D eigenvalue weighted by atomic mass is 16.4. The van der Waals surface area contributed by atoms with E-state index in [1.54, 1.807) is 24.4 Å². The number of aromatic amines is 1. The third-order valence-corrected chi connectivity index (χ3v) is 6.59. The summed E-state index contributed by atoms with van der Waals surface area (Å²) < 4.78 is 0. The normalized spacial score (nSPS) is 15.3. The van der Waals surface area contributed by atoms with Gasteiger partial charge in [-0.25, -0.2) is 9.78 Å². The fraction of sp³-hybridized carbons (Fsp3) is 0.207. The Kier molecular flexibility index (Phi) is 6.44. The Morgan fingerprint density at radius 1 is 0.943 bits per heavy atom. The number of carbonyl (C=O) groups is 2. The Morgan fingerprint density at radius 2 is 1.69 bits per heavy atom. The van der Waals surface area contributed by atoms with Crippen molar-refractivity contribution in [3.8, 4) is 22.4 Å². The number of carboxylic acid groups (broad SMARTS) is 1. The Hall–Kier alpha value is -4.19. The average Bonchev–Trinajstić information content (AvgIpc) is 3.58. The first-order chi connectivity index (χ1) is 17.1. The monoisotopic (exact) mass is 465 g/mol. The predicted octanol–water partition coefficient (Wildman–Crippen LogP) is 5.74. The molecule has 35 heavy (non-hydrogen) atoms. The van der Waals surface area contributed by atoms with E-state index < -0.39 is 5.97 Å². The topological polar surface area (TPSA) is 86.3 Å². The Labute approximate surface area is 204 Å². The van der Waals surface area contributed by atoms with E-state index in [0.29, 0.717) is 12.8 Å². The van der Waals surface area contributed by atoms with Gasteiger partial charge in [-0.2, -0.15) is 0 Å². The molecule has 3 aromatic carbocycles. The molecular weight excluding hydrogens is 438 g/mol. The minimum absolute atomic E-state index is 0.0839. The van der Waals surface area contributed by atoms with Crippen LogP contribution in [-0.4, -0.2) is 38.4 Å². The summed E-state index contributed by atoms with van der Waals surface area (Å²) in [7, 11) is 0. The maximum atomic E-state index is 13.1. The van der Waals surface area contributed by atoms with Crippen LogP contribution in [0, 0.1) is 0 Å². The summed E-state index contributed by atoms with van der Waals surface area (Å²) >= 11 is 0. The van der Waals surface area contributed by atoms with Crippen LogP contribution in [0.25, 0.3) is 22.4 Å². The van der Waals surface area contributed by atoms with Gasteiger partial charge < -0.3 is 15.0 Å². The lowest BCUT2D eigenvalue weighted by Crippen LogP contribution is -2.31. The summed E-state index contributed by atoms with van der Waals surface area (Å²) in [6.45, 7) is 0.723. The molecule has 1 aliphatic rings. The van der Waals surface area contributed by atoms with Crippen molar-refractivity contribution < 1.29 is 14.7 Å². The van der Waals surface area contributed by atoms with Crippen LogP contribution in [0.1, 0.15) is 47.1 Å². The Balaban J connectivity index is 1.23. The minimum Gasteiger partial charge on any atom is -0.478 e. The van der Waals surface area contributed by atoms with E-state index in [1.165, 1.54) is 11.1 Å². The van der Waals surface area contributed by atoms with Crippen LogP contribution >= 0.6 is 0 Å². The highest BCUT2D eigenvalue weighted by Crippen LogP contribution is 2.32. The molecule has 2 heterocycles. The number of aromatic nitrogens is 2. The van der Waals surface area contributed by atoms with Gasteiger partial charge in [-0.15, -0.1) is 0 Å². The van der Waals surface area contributed by atoms with Crippen molar-refractivity contribution in [3.05, 3.63) is 102 Å². The molecule has 6 nitrogen and oxygen atoms in total. The summed E-state index contributed by atoms with van der Waals surface area (Å²) in [6.07, 6.45) is 4.66. The van der Waals surface area contributed by atoms with Crippen molar-refractivity contribution in [3.63, 3.8) is 0 Å². The fourth-order valence-electron chi connectivity index (χ4n) is 4.71. The highest BCUT2D eigenvalue weighted by molar-refractivity contribution is 5.89. The van der Waals surface area contributed by atoms with E-state index in [9.17, 15) is 14.7 Å². The number of nitrogens with zero attached hydrogens (tertiary/aromatic N) is 2. The zero-order valence-corrected chi connectivity index (χ0v) is 19.4. The van der Waals surface area contributed by atoms with Crippen molar-refractivity contribution in [2.45, 2.75) is 31.7 Å². The molecule has 5 rings (SSSR count). The summed E-state index contributed by atoms with van der Waals surface area (Å²) in [5, 5.41) is 9.26. The first-order valence-corrected chi connectivity index (χ1v) is 11.9. The molecule has 0 bridgehead atoms. The zero-order chi connectivity index (χ0) is 24.2. The van der Waals surface area contributed by atoms with Gasteiger partial charge in [0.05, 0.1) is 23.5 Å². The highest BCUT2D eigenvalue weighted by Gasteiger charge is 2.31. The molecule has 0 aliphatic carbocycles. The van der Waals surface area contributed by atoms with Crippen LogP contribution in [0.3, 0.4) is 0 Å². The summed E-state index contributed by atoms with van der Waals surface area (Å²) in [5.41, 5.74) is 5.24. The predicted molar refractivity (Wildman–Crippen MR) is 135 cm³/mol. The van der Waals surface area contributed by atoms with Crippen LogP contribution in [0.5, 0.6) is 0 Å². The summed E-state index contributed by atoms with van der Waals surface area (Å²) in [4.78, 5) is 34.2. The van der Waals surface area contributed by atoms with Gasteiger partial charge in [-0.3, -0.25) is 4.79 Å². The number of nitrogens with one attached hydrogen (secondary N) is 1.